The van der Waals surface area contributed by atoms with Crippen molar-refractivity contribution in [1.29, 1.82) is 0 Å². The van der Waals surface area contributed by atoms with Crippen LogP contribution in [0.15, 0.2) is 42.7 Å². The quantitative estimate of drug-likeness (QED) is 0.389. The number of alkyl halides is 4. The van der Waals surface area contributed by atoms with Gasteiger partial charge in [-0.3, -0.25) is 9.78 Å². The van der Waals surface area contributed by atoms with Crippen LogP contribution in [-0.2, 0) is 6.18 Å². The largest absolute Gasteiger partial charge is 0.417 e. The van der Waals surface area contributed by atoms with Crippen LogP contribution in [0.3, 0.4) is 0 Å². The van der Waals surface area contributed by atoms with Gasteiger partial charge in [0.05, 0.1) is 16.8 Å². The molecule has 0 bridgehead atoms. The molecule has 1 heterocycles. The first-order valence-corrected chi connectivity index (χ1v) is 6.78. The van der Waals surface area contributed by atoms with Crippen LogP contribution < -0.4 is 10.4 Å². The van der Waals surface area contributed by atoms with E-state index in [-0.39, 0.29) is 22.5 Å². The van der Waals surface area contributed by atoms with E-state index in [0.717, 1.165) is 18.5 Å². The van der Waals surface area contributed by atoms with Crippen LogP contribution in [0, 0.1) is 0 Å². The second-order valence-corrected chi connectivity index (χ2v) is 4.64. The summed E-state index contributed by atoms with van der Waals surface area (Å²) >= 11 is 5.32. The number of pyridine rings is 1. The molecule has 2 aromatic rings. The lowest BCUT2D eigenvalue weighted by Crippen LogP contribution is -2.19. The van der Waals surface area contributed by atoms with Gasteiger partial charge in [0.2, 0.25) is 0 Å². The molecule has 1 amide bonds. The van der Waals surface area contributed by atoms with E-state index in [2.05, 4.69) is 10.3 Å². The van der Waals surface area contributed by atoms with Gasteiger partial charge in [0.15, 0.2) is 0 Å². The van der Waals surface area contributed by atoms with Gasteiger partial charge >= 0.3 is 6.18 Å². The SMILES string of the molecule is O=C(Nc1ccc(N(F)CCl)cc1)c1cnccc1C(F)(F)F. The predicted octanol–water partition coefficient (Wildman–Crippen LogP) is 4.24. The number of anilines is 2. The molecule has 0 fully saturated rings. The van der Waals surface area contributed by atoms with E-state index in [9.17, 15) is 22.4 Å². The van der Waals surface area contributed by atoms with Gasteiger partial charge < -0.3 is 5.32 Å². The zero-order valence-electron chi connectivity index (χ0n) is 11.4. The molecule has 1 aromatic carbocycles. The zero-order valence-corrected chi connectivity index (χ0v) is 12.2. The van der Waals surface area contributed by atoms with Gasteiger partial charge in [0.1, 0.15) is 6.00 Å². The third-order valence-corrected chi connectivity index (χ3v) is 3.09. The van der Waals surface area contributed by atoms with Crippen LogP contribution in [0.5, 0.6) is 0 Å². The monoisotopic (exact) mass is 347 g/mol. The molecule has 1 N–H and O–H groups in total. The lowest BCUT2D eigenvalue weighted by molar-refractivity contribution is -0.137. The number of nitrogens with one attached hydrogen (secondary N) is 1. The molecule has 0 aliphatic heterocycles. The van der Waals surface area contributed by atoms with Crippen molar-refractivity contribution < 1.29 is 22.4 Å². The molecule has 0 radical (unpaired) electrons. The predicted molar refractivity (Wildman–Crippen MR) is 77.9 cm³/mol. The van der Waals surface area contributed by atoms with Gasteiger partial charge in [-0.25, -0.2) is 0 Å². The molecule has 0 saturated carbocycles. The van der Waals surface area contributed by atoms with Crippen molar-refractivity contribution >= 4 is 28.9 Å². The van der Waals surface area contributed by atoms with Crippen LogP contribution in [0.2, 0.25) is 0 Å². The summed E-state index contributed by atoms with van der Waals surface area (Å²) in [6.07, 6.45) is -2.88. The summed E-state index contributed by atoms with van der Waals surface area (Å²) in [4.78, 5) is 15.5. The Bertz CT molecular complexity index is 691. The molecule has 0 saturated heterocycles. The minimum Gasteiger partial charge on any atom is -0.322 e. The van der Waals surface area contributed by atoms with Crippen molar-refractivity contribution in [1.82, 2.24) is 4.98 Å². The highest BCUT2D eigenvalue weighted by Crippen LogP contribution is 2.31. The summed E-state index contributed by atoms with van der Waals surface area (Å²) in [5.74, 6) is -0.965. The van der Waals surface area contributed by atoms with Crippen LogP contribution in [0.25, 0.3) is 0 Å². The van der Waals surface area contributed by atoms with E-state index in [4.69, 9.17) is 11.6 Å². The number of hydrogen-bond acceptors (Lipinski definition) is 3. The fourth-order valence-electron chi connectivity index (χ4n) is 1.80. The Morgan fingerprint density at radius 2 is 1.87 bits per heavy atom. The first kappa shape index (κ1) is 17.0. The Labute approximate surface area is 133 Å². The van der Waals surface area contributed by atoms with Gasteiger partial charge in [-0.2, -0.15) is 18.3 Å². The number of carbonyl (C=O) groups is 1. The average molecular weight is 348 g/mol. The number of nitrogens with zero attached hydrogens (tertiary/aromatic N) is 2. The van der Waals surface area contributed by atoms with Gasteiger partial charge in [0, 0.05) is 18.1 Å². The minimum atomic E-state index is -4.67. The molecule has 23 heavy (non-hydrogen) atoms. The smallest absolute Gasteiger partial charge is 0.322 e. The molecule has 0 atom stereocenters. The zero-order chi connectivity index (χ0) is 17.0. The Kier molecular flexibility index (Phi) is 5.05. The van der Waals surface area contributed by atoms with Crippen LogP contribution in [0.4, 0.5) is 29.0 Å². The summed E-state index contributed by atoms with van der Waals surface area (Å²) in [5, 5.41) is 2.56. The summed E-state index contributed by atoms with van der Waals surface area (Å²) in [6.45, 7) is 0. The maximum atomic E-state index is 13.2. The summed E-state index contributed by atoms with van der Waals surface area (Å²) < 4.78 is 51.8. The van der Waals surface area contributed by atoms with Crippen molar-refractivity contribution in [3.8, 4) is 0 Å². The standard InChI is InChI=1S/C14H10ClF4N3O/c15-8-22(19)10-3-1-9(2-4-10)21-13(23)11-7-20-6-5-12(11)14(16,17)18/h1-7H,8H2,(H,21,23). The maximum absolute atomic E-state index is 13.2. The second kappa shape index (κ2) is 6.82. The molecule has 0 spiro atoms. The number of hydrogen-bond donors (Lipinski definition) is 1. The maximum Gasteiger partial charge on any atom is 0.417 e. The van der Waals surface area contributed by atoms with Crippen LogP contribution >= 0.6 is 11.6 Å². The molecule has 4 nitrogen and oxygen atoms in total. The Morgan fingerprint density at radius 1 is 1.22 bits per heavy atom. The van der Waals surface area contributed by atoms with E-state index >= 15 is 0 Å². The fraction of sp³-hybridized carbons (Fsp3) is 0.143. The number of benzene rings is 1. The molecular formula is C14H10ClF4N3O. The molecule has 0 unspecified atom stereocenters. The van der Waals surface area contributed by atoms with Crippen LogP contribution in [-0.4, -0.2) is 16.9 Å². The number of amides is 1. The molecular weight excluding hydrogens is 338 g/mol. The first-order valence-electron chi connectivity index (χ1n) is 6.25. The van der Waals surface area contributed by atoms with E-state index in [1.54, 1.807) is 0 Å². The molecule has 0 aliphatic rings. The van der Waals surface area contributed by atoms with Gasteiger partial charge in [-0.1, -0.05) is 4.48 Å². The minimum absolute atomic E-state index is 0.148. The van der Waals surface area contributed by atoms with Gasteiger partial charge in [-0.15, -0.1) is 11.6 Å². The Morgan fingerprint density at radius 3 is 2.43 bits per heavy atom. The van der Waals surface area contributed by atoms with E-state index in [1.165, 1.54) is 24.3 Å². The van der Waals surface area contributed by atoms with Gasteiger partial charge in [0.25, 0.3) is 5.91 Å². The van der Waals surface area contributed by atoms with Gasteiger partial charge in [-0.05, 0) is 30.3 Å². The topological polar surface area (TPSA) is 45.2 Å². The molecule has 122 valence electrons. The lowest BCUT2D eigenvalue weighted by Gasteiger charge is -2.13. The van der Waals surface area contributed by atoms with Crippen molar-refractivity contribution in [3.05, 3.63) is 53.9 Å². The van der Waals surface area contributed by atoms with Crippen LogP contribution in [0.1, 0.15) is 15.9 Å². The van der Waals surface area contributed by atoms with Crippen molar-refractivity contribution in [3.63, 3.8) is 0 Å². The average Bonchev–Trinajstić information content (AvgIpc) is 2.54. The van der Waals surface area contributed by atoms with E-state index in [0.29, 0.717) is 0 Å². The summed E-state index contributed by atoms with van der Waals surface area (Å²) in [5.41, 5.74) is -1.33. The van der Waals surface area contributed by atoms with E-state index in [1.807, 2.05) is 0 Å². The summed E-state index contributed by atoms with van der Waals surface area (Å²) in [7, 11) is 0. The highest BCUT2D eigenvalue weighted by atomic mass is 35.5. The van der Waals surface area contributed by atoms with E-state index < -0.39 is 23.2 Å². The highest BCUT2D eigenvalue weighted by Gasteiger charge is 2.35. The molecule has 9 heteroatoms. The second-order valence-electron chi connectivity index (χ2n) is 4.40. The Balaban J connectivity index is 2.20. The van der Waals surface area contributed by atoms with Crippen molar-refractivity contribution in [2.75, 3.05) is 16.4 Å². The normalized spacial score (nSPS) is 11.2. The third kappa shape index (κ3) is 4.10. The molecule has 0 aliphatic carbocycles. The first-order chi connectivity index (χ1) is 10.8. The van der Waals surface area contributed by atoms with Crippen molar-refractivity contribution in [2.24, 2.45) is 0 Å². The third-order valence-electron chi connectivity index (χ3n) is 2.88. The number of rotatable bonds is 4. The number of aromatic nitrogens is 1. The van der Waals surface area contributed by atoms with Crippen molar-refractivity contribution in [2.45, 2.75) is 6.18 Å². The fourth-order valence-corrected chi connectivity index (χ4v) is 1.93. The molecule has 1 aromatic heterocycles. The Hall–Kier alpha value is -2.35. The highest BCUT2D eigenvalue weighted by molar-refractivity contribution is 6.18. The number of carbonyl (C=O) groups excluding carboxylic acids is 1. The number of halogens is 5. The summed E-state index contributed by atoms with van der Waals surface area (Å²) in [6, 6.07) is 5.68. The molecule has 2 rings (SSSR count). The lowest BCUT2D eigenvalue weighted by atomic mass is 10.1.